The van der Waals surface area contributed by atoms with Crippen molar-refractivity contribution in [3.05, 3.63) is 45.4 Å². The van der Waals surface area contributed by atoms with Crippen LogP contribution in [0.4, 0.5) is 0 Å². The number of likely N-dealkylation sites (tertiary alicyclic amines) is 1. The van der Waals surface area contributed by atoms with Gasteiger partial charge in [0.1, 0.15) is 17.4 Å². The maximum absolute atomic E-state index is 11.2. The molecule has 1 aromatic carbocycles. The second-order valence-corrected chi connectivity index (χ2v) is 7.75. The van der Waals surface area contributed by atoms with Crippen LogP contribution in [-0.4, -0.2) is 33.5 Å². The minimum atomic E-state index is -0.702. The number of nitrogens with zero attached hydrogens (tertiary/aromatic N) is 2. The molecule has 7 heteroatoms. The van der Waals surface area contributed by atoms with E-state index in [-0.39, 0.29) is 5.92 Å². The molecule has 1 aromatic heterocycles. The molecule has 1 N–H and O–H groups in total. The van der Waals surface area contributed by atoms with Gasteiger partial charge in [-0.3, -0.25) is 9.69 Å². The fourth-order valence-corrected chi connectivity index (χ4v) is 3.80. The summed E-state index contributed by atoms with van der Waals surface area (Å²) in [7, 11) is 0. The third kappa shape index (κ3) is 4.93. The van der Waals surface area contributed by atoms with Crippen LogP contribution in [0.2, 0.25) is 5.02 Å². The van der Waals surface area contributed by atoms with Crippen LogP contribution in [0.15, 0.2) is 29.6 Å². The molecular weight excluding hydrogens is 360 g/mol. The Morgan fingerprint density at radius 2 is 2.16 bits per heavy atom. The molecule has 2 unspecified atom stereocenters. The van der Waals surface area contributed by atoms with Crippen LogP contribution >= 0.6 is 22.9 Å². The summed E-state index contributed by atoms with van der Waals surface area (Å²) in [4.78, 5) is 18.1. The first-order valence-corrected chi connectivity index (χ1v) is 9.55. The van der Waals surface area contributed by atoms with Gasteiger partial charge in [0.15, 0.2) is 0 Å². The van der Waals surface area contributed by atoms with Crippen molar-refractivity contribution >= 4 is 28.9 Å². The third-order valence-corrected chi connectivity index (χ3v) is 5.62. The number of halogens is 1. The Labute approximate surface area is 156 Å². The molecule has 25 heavy (non-hydrogen) atoms. The summed E-state index contributed by atoms with van der Waals surface area (Å²) >= 11 is 7.42. The maximum atomic E-state index is 11.2. The van der Waals surface area contributed by atoms with E-state index in [1.165, 1.54) is 0 Å². The second kappa shape index (κ2) is 8.17. The number of hydrogen-bond acceptors (Lipinski definition) is 5. The SMILES string of the molecule is CC1CCC(C(=O)O)CN1Cc1csc(COc2ccc(Cl)cc2)n1. The second-order valence-electron chi connectivity index (χ2n) is 6.37. The van der Waals surface area contributed by atoms with Crippen molar-refractivity contribution in [2.45, 2.75) is 39.0 Å². The number of aromatic nitrogens is 1. The average molecular weight is 381 g/mol. The molecule has 0 bridgehead atoms. The summed E-state index contributed by atoms with van der Waals surface area (Å²) < 4.78 is 5.72. The van der Waals surface area contributed by atoms with Crippen LogP contribution in [0.5, 0.6) is 5.75 Å². The number of ether oxygens (including phenoxy) is 1. The van der Waals surface area contributed by atoms with E-state index in [9.17, 15) is 9.90 Å². The van der Waals surface area contributed by atoms with E-state index in [0.29, 0.717) is 30.8 Å². The molecule has 5 nitrogen and oxygen atoms in total. The number of carboxylic acids is 1. The number of piperidine rings is 1. The number of carbonyl (C=O) groups is 1. The van der Waals surface area contributed by atoms with Gasteiger partial charge in [-0.2, -0.15) is 0 Å². The van der Waals surface area contributed by atoms with E-state index in [0.717, 1.165) is 29.3 Å². The third-order valence-electron chi connectivity index (χ3n) is 4.50. The first kappa shape index (κ1) is 18.2. The summed E-state index contributed by atoms with van der Waals surface area (Å²) in [6.07, 6.45) is 1.66. The van der Waals surface area contributed by atoms with E-state index in [1.54, 1.807) is 23.5 Å². The van der Waals surface area contributed by atoms with Crippen LogP contribution in [0.3, 0.4) is 0 Å². The predicted molar refractivity (Wildman–Crippen MR) is 98.1 cm³/mol. The molecule has 0 spiro atoms. The predicted octanol–water partition coefficient (Wildman–Crippen LogP) is 4.06. The Balaban J connectivity index is 1.55. The van der Waals surface area contributed by atoms with Crippen molar-refractivity contribution in [2.24, 2.45) is 5.92 Å². The number of rotatable bonds is 6. The van der Waals surface area contributed by atoms with Crippen molar-refractivity contribution in [3.8, 4) is 5.75 Å². The summed E-state index contributed by atoms with van der Waals surface area (Å²) in [5.41, 5.74) is 0.970. The molecule has 2 atom stereocenters. The Hall–Kier alpha value is -1.63. The highest BCUT2D eigenvalue weighted by molar-refractivity contribution is 7.09. The number of carboxylic acid groups (broad SMARTS) is 1. The molecule has 0 radical (unpaired) electrons. The van der Waals surface area contributed by atoms with E-state index in [2.05, 4.69) is 16.8 Å². The number of benzene rings is 1. The molecule has 1 aliphatic rings. The fraction of sp³-hybridized carbons (Fsp3) is 0.444. The Morgan fingerprint density at radius 3 is 2.88 bits per heavy atom. The van der Waals surface area contributed by atoms with Gasteiger partial charge in [0, 0.05) is 29.5 Å². The summed E-state index contributed by atoms with van der Waals surface area (Å²) in [5, 5.41) is 12.9. The lowest BCUT2D eigenvalue weighted by Crippen LogP contribution is -2.43. The lowest BCUT2D eigenvalue weighted by Gasteiger charge is -2.35. The van der Waals surface area contributed by atoms with Gasteiger partial charge in [-0.05, 0) is 44.0 Å². The molecular formula is C18H21ClN2O3S. The van der Waals surface area contributed by atoms with Gasteiger partial charge in [0.05, 0.1) is 11.6 Å². The number of aliphatic carboxylic acids is 1. The highest BCUT2D eigenvalue weighted by Crippen LogP contribution is 2.25. The molecule has 0 aliphatic carbocycles. The molecule has 3 rings (SSSR count). The smallest absolute Gasteiger partial charge is 0.307 e. The van der Waals surface area contributed by atoms with Crippen molar-refractivity contribution in [2.75, 3.05) is 6.54 Å². The topological polar surface area (TPSA) is 62.7 Å². The molecule has 0 saturated carbocycles. The molecule has 1 aliphatic heterocycles. The zero-order valence-electron chi connectivity index (χ0n) is 14.0. The molecule has 1 fully saturated rings. The number of thiazole rings is 1. The Morgan fingerprint density at radius 1 is 1.40 bits per heavy atom. The van der Waals surface area contributed by atoms with Crippen LogP contribution in [0.1, 0.15) is 30.5 Å². The van der Waals surface area contributed by atoms with E-state index < -0.39 is 5.97 Å². The van der Waals surface area contributed by atoms with Crippen LogP contribution in [-0.2, 0) is 17.9 Å². The quantitative estimate of drug-likeness (QED) is 0.818. The summed E-state index contributed by atoms with van der Waals surface area (Å²) in [6.45, 7) is 3.83. The van der Waals surface area contributed by atoms with E-state index >= 15 is 0 Å². The van der Waals surface area contributed by atoms with Crippen molar-refractivity contribution in [1.82, 2.24) is 9.88 Å². The van der Waals surface area contributed by atoms with E-state index in [4.69, 9.17) is 16.3 Å². The van der Waals surface area contributed by atoms with Gasteiger partial charge in [-0.1, -0.05) is 11.6 Å². The van der Waals surface area contributed by atoms with Gasteiger partial charge < -0.3 is 9.84 Å². The minimum absolute atomic E-state index is 0.275. The first-order chi connectivity index (χ1) is 12.0. The van der Waals surface area contributed by atoms with Crippen molar-refractivity contribution < 1.29 is 14.6 Å². The van der Waals surface area contributed by atoms with Crippen LogP contribution < -0.4 is 4.74 Å². The maximum Gasteiger partial charge on any atom is 0.307 e. The van der Waals surface area contributed by atoms with Crippen molar-refractivity contribution in [3.63, 3.8) is 0 Å². The van der Waals surface area contributed by atoms with Crippen LogP contribution in [0, 0.1) is 5.92 Å². The van der Waals surface area contributed by atoms with Gasteiger partial charge in [-0.25, -0.2) is 4.98 Å². The molecule has 0 amide bonds. The Kier molecular flexibility index (Phi) is 5.93. The molecule has 1 saturated heterocycles. The van der Waals surface area contributed by atoms with Gasteiger partial charge in [0.2, 0.25) is 0 Å². The summed E-state index contributed by atoms with van der Waals surface area (Å²) in [6, 6.07) is 7.63. The van der Waals surface area contributed by atoms with Gasteiger partial charge >= 0.3 is 5.97 Å². The highest BCUT2D eigenvalue weighted by atomic mass is 35.5. The average Bonchev–Trinajstić information content (AvgIpc) is 3.03. The fourth-order valence-electron chi connectivity index (χ4n) is 2.97. The number of hydrogen-bond donors (Lipinski definition) is 1. The lowest BCUT2D eigenvalue weighted by atomic mass is 9.93. The molecule has 2 aromatic rings. The van der Waals surface area contributed by atoms with E-state index in [1.807, 2.05) is 17.5 Å². The zero-order valence-corrected chi connectivity index (χ0v) is 15.6. The van der Waals surface area contributed by atoms with Gasteiger partial charge in [0.25, 0.3) is 0 Å². The summed E-state index contributed by atoms with van der Waals surface area (Å²) in [5.74, 6) is -0.218. The molecule has 2 heterocycles. The molecule has 134 valence electrons. The largest absolute Gasteiger partial charge is 0.486 e. The highest BCUT2D eigenvalue weighted by Gasteiger charge is 2.29. The van der Waals surface area contributed by atoms with Gasteiger partial charge in [-0.15, -0.1) is 11.3 Å². The zero-order chi connectivity index (χ0) is 17.8. The standard InChI is InChI=1S/C18H21ClN2O3S/c1-12-2-3-13(18(22)23)8-21(12)9-15-11-25-17(20-15)10-24-16-6-4-14(19)5-7-16/h4-7,11-13H,2-3,8-10H2,1H3,(H,22,23). The monoisotopic (exact) mass is 380 g/mol. The Bertz CT molecular complexity index is 719. The minimum Gasteiger partial charge on any atom is -0.486 e. The lowest BCUT2D eigenvalue weighted by molar-refractivity contribution is -0.144. The van der Waals surface area contributed by atoms with Crippen molar-refractivity contribution in [1.29, 1.82) is 0 Å². The van der Waals surface area contributed by atoms with Crippen LogP contribution in [0.25, 0.3) is 0 Å². The normalized spacial score (nSPS) is 21.2. The first-order valence-electron chi connectivity index (χ1n) is 8.30.